The predicted octanol–water partition coefficient (Wildman–Crippen LogP) is 2.91. The molecule has 0 aliphatic rings. The molecule has 0 aliphatic carbocycles. The van der Waals surface area contributed by atoms with Crippen LogP contribution >= 0.6 is 0 Å². The minimum Gasteiger partial charge on any atom is -0.394 e. The Morgan fingerprint density at radius 2 is 1.26 bits per heavy atom. The highest BCUT2D eigenvalue weighted by Crippen LogP contribution is 2.19. The fourth-order valence-electron chi connectivity index (χ4n) is 1.77. The van der Waals surface area contributed by atoms with Gasteiger partial charge in [0.1, 0.15) is 0 Å². The molecule has 0 aromatic carbocycles. The van der Waals surface area contributed by atoms with Gasteiger partial charge in [-0.2, -0.15) is 0 Å². The number of hydrogen-bond acceptors (Lipinski definition) is 4. The molecule has 0 atom stereocenters. The van der Waals surface area contributed by atoms with Crippen molar-refractivity contribution in [2.45, 2.75) is 25.9 Å². The van der Waals surface area contributed by atoms with Gasteiger partial charge in [-0.05, 0) is 13.8 Å². The second kappa shape index (κ2) is 12.6. The van der Waals surface area contributed by atoms with Gasteiger partial charge in [0.05, 0.1) is 13.2 Å². The Balaban J connectivity index is 4.29. The van der Waals surface area contributed by atoms with Gasteiger partial charge in [0.25, 0.3) is 0 Å². The van der Waals surface area contributed by atoms with Crippen molar-refractivity contribution in [1.82, 2.24) is 0 Å². The van der Waals surface area contributed by atoms with Gasteiger partial charge < -0.3 is 18.3 Å². The zero-order valence-electron chi connectivity index (χ0n) is 12.4. The zero-order chi connectivity index (χ0) is 14.4. The normalized spacial score (nSPS) is 11.5. The van der Waals surface area contributed by atoms with Gasteiger partial charge in [-0.25, -0.2) is 0 Å². The summed E-state index contributed by atoms with van der Waals surface area (Å²) in [5.74, 6) is 0. The summed E-state index contributed by atoms with van der Waals surface area (Å²) in [7, 11) is -2.21. The molecule has 0 heterocycles. The van der Waals surface area contributed by atoms with E-state index in [0.717, 1.165) is 12.1 Å². The Bertz CT molecular complexity index is 209. The summed E-state index contributed by atoms with van der Waals surface area (Å²) in [4.78, 5) is 0. The molecule has 0 rings (SSSR count). The lowest BCUT2D eigenvalue weighted by Crippen LogP contribution is -2.44. The lowest BCUT2D eigenvalue weighted by Gasteiger charge is -2.29. The molecule has 0 aliphatic heterocycles. The maximum absolute atomic E-state index is 5.94. The smallest absolute Gasteiger partial charge is 0.342 e. The van der Waals surface area contributed by atoms with Crippen LogP contribution in [0.15, 0.2) is 25.3 Å². The fraction of sp³-hybridized carbons (Fsp3) is 0.714. The van der Waals surface area contributed by atoms with E-state index in [9.17, 15) is 0 Å². The fourth-order valence-corrected chi connectivity index (χ4v) is 4.64. The van der Waals surface area contributed by atoms with Gasteiger partial charge in [-0.15, -0.1) is 13.2 Å². The summed E-state index contributed by atoms with van der Waals surface area (Å²) < 4.78 is 22.8. The molecule has 0 aromatic heterocycles. The average Bonchev–Trinajstić information content (AvgIpc) is 2.41. The van der Waals surface area contributed by atoms with Crippen LogP contribution in [0.4, 0.5) is 0 Å². The molecule has 0 saturated heterocycles. The Morgan fingerprint density at radius 1 is 0.842 bits per heavy atom. The summed E-state index contributed by atoms with van der Waals surface area (Å²) in [6, 6.07) is 1.64. The van der Waals surface area contributed by atoms with Crippen molar-refractivity contribution in [3.8, 4) is 0 Å². The second-order valence-corrected chi connectivity index (χ2v) is 7.40. The molecule has 112 valence electrons. The third-order valence-corrected chi connectivity index (χ3v) is 6.10. The van der Waals surface area contributed by atoms with Gasteiger partial charge in [0, 0.05) is 38.5 Å². The molecule has 0 N–H and O–H groups in total. The van der Waals surface area contributed by atoms with E-state index in [2.05, 4.69) is 13.2 Å². The summed E-state index contributed by atoms with van der Waals surface area (Å²) >= 11 is 0. The first kappa shape index (κ1) is 18.5. The van der Waals surface area contributed by atoms with Crippen LogP contribution < -0.4 is 0 Å². The van der Waals surface area contributed by atoms with Crippen LogP contribution in [-0.4, -0.2) is 48.2 Å². The van der Waals surface area contributed by atoms with E-state index in [1.54, 1.807) is 12.2 Å². The maximum Gasteiger partial charge on any atom is 0.342 e. The molecule has 0 amide bonds. The van der Waals surface area contributed by atoms with Crippen LogP contribution in [0.2, 0.25) is 12.1 Å². The minimum absolute atomic E-state index is 0.565. The third-order valence-electron chi connectivity index (χ3n) is 2.54. The van der Waals surface area contributed by atoms with Crippen LogP contribution in [0.25, 0.3) is 0 Å². The average molecular weight is 288 g/mol. The third kappa shape index (κ3) is 9.13. The van der Waals surface area contributed by atoms with E-state index in [0.29, 0.717) is 39.6 Å². The lowest BCUT2D eigenvalue weighted by atomic mass is 10.7. The van der Waals surface area contributed by atoms with Crippen molar-refractivity contribution < 1.29 is 18.3 Å². The SMILES string of the molecule is C=CCOCC[Si](CCOCC=C)(OCC)OCC. The molecule has 0 unspecified atom stereocenters. The van der Waals surface area contributed by atoms with Crippen molar-refractivity contribution in [2.24, 2.45) is 0 Å². The molecule has 19 heavy (non-hydrogen) atoms. The molecular weight excluding hydrogens is 260 g/mol. The summed E-state index contributed by atoms with van der Waals surface area (Å²) in [5.41, 5.74) is 0. The summed E-state index contributed by atoms with van der Waals surface area (Å²) in [6.45, 7) is 15.0. The molecule has 0 aromatic rings. The highest BCUT2D eigenvalue weighted by molar-refractivity contribution is 6.67. The molecule has 0 radical (unpaired) electrons. The highest BCUT2D eigenvalue weighted by atomic mass is 28.4. The second-order valence-electron chi connectivity index (χ2n) is 4.00. The monoisotopic (exact) mass is 288 g/mol. The van der Waals surface area contributed by atoms with Crippen molar-refractivity contribution in [3.63, 3.8) is 0 Å². The highest BCUT2D eigenvalue weighted by Gasteiger charge is 2.36. The lowest BCUT2D eigenvalue weighted by molar-refractivity contribution is 0.128. The largest absolute Gasteiger partial charge is 0.394 e. The number of rotatable bonds is 14. The molecule has 0 fully saturated rings. The topological polar surface area (TPSA) is 36.9 Å². The summed E-state index contributed by atoms with van der Waals surface area (Å²) in [5, 5.41) is 0. The Labute approximate surface area is 118 Å². The first-order valence-corrected chi connectivity index (χ1v) is 9.13. The molecule has 0 bridgehead atoms. The predicted molar refractivity (Wildman–Crippen MR) is 80.7 cm³/mol. The van der Waals surface area contributed by atoms with E-state index in [-0.39, 0.29) is 0 Å². The quantitative estimate of drug-likeness (QED) is 0.280. The van der Waals surface area contributed by atoms with Crippen LogP contribution in [-0.2, 0) is 18.3 Å². The standard InChI is InChI=1S/C14H28O4Si/c1-5-9-15-11-13-19(17-7-3,18-8-4)14-12-16-10-6-2/h5-6H,1-2,7-14H2,3-4H3. The Morgan fingerprint density at radius 3 is 1.58 bits per heavy atom. The van der Waals surface area contributed by atoms with Gasteiger partial charge in [-0.1, -0.05) is 12.2 Å². The van der Waals surface area contributed by atoms with Crippen LogP contribution in [0.1, 0.15) is 13.8 Å². The first-order valence-electron chi connectivity index (χ1n) is 6.89. The van der Waals surface area contributed by atoms with Crippen molar-refractivity contribution in [3.05, 3.63) is 25.3 Å². The molecular formula is C14H28O4Si. The van der Waals surface area contributed by atoms with Gasteiger partial charge in [0.15, 0.2) is 0 Å². The van der Waals surface area contributed by atoms with Crippen LogP contribution in [0.5, 0.6) is 0 Å². The van der Waals surface area contributed by atoms with Crippen LogP contribution in [0.3, 0.4) is 0 Å². The van der Waals surface area contributed by atoms with Crippen molar-refractivity contribution >= 4 is 8.56 Å². The maximum atomic E-state index is 5.94. The van der Waals surface area contributed by atoms with E-state index in [1.165, 1.54) is 0 Å². The van der Waals surface area contributed by atoms with Gasteiger partial charge in [0.2, 0.25) is 0 Å². The first-order chi connectivity index (χ1) is 9.24. The van der Waals surface area contributed by atoms with Crippen LogP contribution in [0, 0.1) is 0 Å². The van der Waals surface area contributed by atoms with Gasteiger partial charge >= 0.3 is 8.56 Å². The van der Waals surface area contributed by atoms with E-state index in [4.69, 9.17) is 18.3 Å². The van der Waals surface area contributed by atoms with Crippen molar-refractivity contribution in [1.29, 1.82) is 0 Å². The molecule has 0 spiro atoms. The van der Waals surface area contributed by atoms with E-state index >= 15 is 0 Å². The van der Waals surface area contributed by atoms with Crippen molar-refractivity contribution in [2.75, 3.05) is 39.6 Å². The zero-order valence-corrected chi connectivity index (χ0v) is 13.4. The van der Waals surface area contributed by atoms with Gasteiger partial charge in [-0.3, -0.25) is 0 Å². The molecule has 4 nitrogen and oxygen atoms in total. The molecule has 5 heteroatoms. The number of ether oxygens (including phenoxy) is 2. The van der Waals surface area contributed by atoms with E-state index < -0.39 is 8.56 Å². The minimum atomic E-state index is -2.21. The molecule has 0 saturated carbocycles. The Hall–Kier alpha value is -0.463. The van der Waals surface area contributed by atoms with E-state index in [1.807, 2.05) is 13.8 Å². The number of hydrogen-bond donors (Lipinski definition) is 0. The summed E-state index contributed by atoms with van der Waals surface area (Å²) in [6.07, 6.45) is 3.50. The Kier molecular flexibility index (Phi) is 12.3.